The van der Waals surface area contributed by atoms with Crippen LogP contribution in [0.4, 0.5) is 15.9 Å². The molecule has 1 saturated heterocycles. The SMILES string of the molecule is NNC(N1CCN(C(=O)C(=O)c2c[nH]c3c(-n4nccc4N)ncc(F)c23)CC1)N(N)c1ccccc1. The minimum Gasteiger partial charge on any atom is -0.384 e. The van der Waals surface area contributed by atoms with Crippen LogP contribution in [0.25, 0.3) is 16.7 Å². The molecule has 1 atom stereocenters. The van der Waals surface area contributed by atoms with Gasteiger partial charge in [-0.25, -0.2) is 20.6 Å². The maximum atomic E-state index is 14.8. The van der Waals surface area contributed by atoms with E-state index in [0.717, 1.165) is 11.9 Å². The molecular weight excluding hydrogens is 481 g/mol. The number of hydrogen-bond acceptors (Lipinski definition) is 10. The van der Waals surface area contributed by atoms with Crippen LogP contribution in [0.2, 0.25) is 0 Å². The number of fused-ring (bicyclic) bond motifs is 1. The number of rotatable bonds is 7. The number of carbonyl (C=O) groups excluding carboxylic acids is 2. The van der Waals surface area contributed by atoms with Crippen molar-refractivity contribution in [2.45, 2.75) is 6.29 Å². The largest absolute Gasteiger partial charge is 0.384 e. The first-order chi connectivity index (χ1) is 17.9. The average Bonchev–Trinajstić information content (AvgIpc) is 3.57. The Morgan fingerprint density at radius 2 is 1.86 bits per heavy atom. The Hall–Kier alpha value is -4.37. The van der Waals surface area contributed by atoms with E-state index in [2.05, 4.69) is 20.5 Å². The van der Waals surface area contributed by atoms with Crippen LogP contribution in [-0.2, 0) is 4.79 Å². The molecule has 37 heavy (non-hydrogen) atoms. The summed E-state index contributed by atoms with van der Waals surface area (Å²) in [4.78, 5) is 36.6. The second-order valence-electron chi connectivity index (χ2n) is 8.49. The Morgan fingerprint density at radius 3 is 2.51 bits per heavy atom. The van der Waals surface area contributed by atoms with Crippen molar-refractivity contribution in [1.29, 1.82) is 0 Å². The number of ketones is 1. The first-order valence-corrected chi connectivity index (χ1v) is 11.5. The number of benzene rings is 1. The Morgan fingerprint density at radius 1 is 1.14 bits per heavy atom. The van der Waals surface area contributed by atoms with Crippen molar-refractivity contribution in [1.82, 2.24) is 35.0 Å². The number of amides is 1. The fourth-order valence-corrected chi connectivity index (χ4v) is 4.46. The van der Waals surface area contributed by atoms with Gasteiger partial charge in [0.1, 0.15) is 5.82 Å². The standard InChI is InChI=1S/C23H26FN11O2/c24-16-13-29-21(35-17(25)6-7-30-35)19-18(16)15(12-28-19)20(36)22(37)32-8-10-33(11-9-32)23(31-26)34(27)14-4-2-1-3-5-14/h1-7,12-13,23,28,31H,8-11,25-27H2. The number of para-hydroxylation sites is 1. The Balaban J connectivity index is 1.32. The molecular formula is C23H26FN11O2. The number of hydrazine groups is 2. The van der Waals surface area contributed by atoms with E-state index in [1.54, 1.807) is 6.07 Å². The van der Waals surface area contributed by atoms with Crippen molar-refractivity contribution in [2.24, 2.45) is 11.7 Å². The Bertz CT molecular complexity index is 1430. The smallest absolute Gasteiger partial charge is 0.295 e. The molecule has 1 unspecified atom stereocenters. The predicted molar refractivity (Wildman–Crippen MR) is 134 cm³/mol. The summed E-state index contributed by atoms with van der Waals surface area (Å²) in [6.07, 6.45) is 3.21. The van der Waals surface area contributed by atoms with E-state index in [1.807, 2.05) is 35.2 Å². The summed E-state index contributed by atoms with van der Waals surface area (Å²) >= 11 is 0. The summed E-state index contributed by atoms with van der Waals surface area (Å²) in [7, 11) is 0. The van der Waals surface area contributed by atoms with E-state index in [9.17, 15) is 14.0 Å². The Kier molecular flexibility index (Phi) is 6.54. The minimum atomic E-state index is -0.831. The number of carbonyl (C=O) groups is 2. The van der Waals surface area contributed by atoms with Crippen LogP contribution in [0.1, 0.15) is 10.4 Å². The van der Waals surface area contributed by atoms with Gasteiger partial charge in [-0.1, -0.05) is 18.2 Å². The molecule has 1 aliphatic rings. The third-order valence-electron chi connectivity index (χ3n) is 6.37. The molecule has 1 aromatic carbocycles. The molecule has 1 fully saturated rings. The monoisotopic (exact) mass is 507 g/mol. The zero-order valence-corrected chi connectivity index (χ0v) is 19.7. The molecule has 0 radical (unpaired) electrons. The maximum Gasteiger partial charge on any atom is 0.295 e. The van der Waals surface area contributed by atoms with Gasteiger partial charge in [-0.2, -0.15) is 9.78 Å². The number of anilines is 2. The number of H-pyrrole nitrogens is 1. The maximum absolute atomic E-state index is 14.8. The highest BCUT2D eigenvalue weighted by Gasteiger charge is 2.33. The molecule has 1 aliphatic heterocycles. The molecule has 14 heteroatoms. The van der Waals surface area contributed by atoms with E-state index in [0.29, 0.717) is 13.1 Å². The highest BCUT2D eigenvalue weighted by Crippen LogP contribution is 2.27. The Labute approximate surface area is 210 Å². The lowest BCUT2D eigenvalue weighted by Gasteiger charge is -2.42. The van der Waals surface area contributed by atoms with E-state index >= 15 is 0 Å². The number of nitrogens with two attached hydrogens (primary N) is 3. The van der Waals surface area contributed by atoms with E-state index in [4.69, 9.17) is 17.4 Å². The number of nitrogens with zero attached hydrogens (tertiary/aromatic N) is 6. The van der Waals surface area contributed by atoms with Gasteiger partial charge in [0.15, 0.2) is 17.9 Å². The molecule has 0 saturated carbocycles. The quantitative estimate of drug-likeness (QED) is 0.0746. The van der Waals surface area contributed by atoms with Crippen molar-refractivity contribution in [3.63, 3.8) is 0 Å². The van der Waals surface area contributed by atoms with Gasteiger partial charge in [0.05, 0.1) is 34.5 Å². The molecule has 13 nitrogen and oxygen atoms in total. The van der Waals surface area contributed by atoms with Crippen LogP contribution in [-0.4, -0.2) is 73.7 Å². The summed E-state index contributed by atoms with van der Waals surface area (Å²) in [6.45, 7) is 1.33. The summed E-state index contributed by atoms with van der Waals surface area (Å²) in [5.41, 5.74) is 9.47. The summed E-state index contributed by atoms with van der Waals surface area (Å²) in [6, 6.07) is 10.9. The second kappa shape index (κ2) is 9.94. The predicted octanol–water partition coefficient (Wildman–Crippen LogP) is -0.0760. The second-order valence-corrected chi connectivity index (χ2v) is 8.49. The fourth-order valence-electron chi connectivity index (χ4n) is 4.46. The van der Waals surface area contributed by atoms with Crippen molar-refractivity contribution in [2.75, 3.05) is 36.9 Å². The van der Waals surface area contributed by atoms with Crippen LogP contribution in [0.3, 0.4) is 0 Å². The van der Waals surface area contributed by atoms with Crippen molar-refractivity contribution >= 4 is 34.1 Å². The number of aromatic nitrogens is 4. The van der Waals surface area contributed by atoms with Gasteiger partial charge in [0.2, 0.25) is 0 Å². The molecule has 4 heterocycles. The van der Waals surface area contributed by atoms with Crippen LogP contribution in [0, 0.1) is 5.82 Å². The van der Waals surface area contributed by atoms with Crippen LogP contribution < -0.4 is 27.9 Å². The molecule has 0 aliphatic carbocycles. The lowest BCUT2D eigenvalue weighted by Crippen LogP contribution is -2.65. The topological polar surface area (TPSA) is 180 Å². The van der Waals surface area contributed by atoms with Gasteiger partial charge < -0.3 is 15.6 Å². The number of pyridine rings is 1. The third kappa shape index (κ3) is 4.38. The first kappa shape index (κ1) is 24.3. The van der Waals surface area contributed by atoms with Gasteiger partial charge in [-0.3, -0.25) is 25.3 Å². The van der Waals surface area contributed by atoms with Crippen LogP contribution in [0.5, 0.6) is 0 Å². The third-order valence-corrected chi connectivity index (χ3v) is 6.37. The summed E-state index contributed by atoms with van der Waals surface area (Å²) in [5, 5.41) is 5.53. The molecule has 3 aromatic heterocycles. The van der Waals surface area contributed by atoms with E-state index in [-0.39, 0.29) is 41.2 Å². The molecule has 4 aromatic rings. The lowest BCUT2D eigenvalue weighted by atomic mass is 10.1. The highest BCUT2D eigenvalue weighted by molar-refractivity contribution is 6.45. The molecule has 1 amide bonds. The zero-order valence-electron chi connectivity index (χ0n) is 19.7. The van der Waals surface area contributed by atoms with Gasteiger partial charge in [0.25, 0.3) is 11.7 Å². The number of halogens is 1. The number of nitrogens with one attached hydrogen (secondary N) is 2. The first-order valence-electron chi connectivity index (χ1n) is 11.5. The number of Topliss-reactive ketones (excluding diaryl/α,β-unsaturated/α-hetero) is 1. The molecule has 192 valence electrons. The fraction of sp³-hybridized carbons (Fsp3) is 0.217. The minimum absolute atomic E-state index is 0.0501. The van der Waals surface area contributed by atoms with Crippen molar-refractivity contribution in [3.05, 3.63) is 66.4 Å². The van der Waals surface area contributed by atoms with Gasteiger partial charge in [-0.15, -0.1) is 0 Å². The van der Waals surface area contributed by atoms with Crippen LogP contribution >= 0.6 is 0 Å². The van der Waals surface area contributed by atoms with Gasteiger partial charge in [-0.05, 0) is 12.1 Å². The van der Waals surface area contributed by atoms with E-state index in [1.165, 1.54) is 27.0 Å². The average molecular weight is 508 g/mol. The number of hydrogen-bond donors (Lipinski definition) is 5. The zero-order chi connectivity index (χ0) is 26.1. The van der Waals surface area contributed by atoms with Gasteiger partial charge in [0, 0.05) is 38.4 Å². The normalized spacial score (nSPS) is 15.2. The van der Waals surface area contributed by atoms with Crippen molar-refractivity contribution < 1.29 is 14.0 Å². The number of nitrogen functional groups attached to an aromatic ring is 1. The highest BCUT2D eigenvalue weighted by atomic mass is 19.1. The number of aromatic amines is 1. The van der Waals surface area contributed by atoms with Crippen molar-refractivity contribution in [3.8, 4) is 5.82 Å². The molecule has 5 rings (SSSR count). The van der Waals surface area contributed by atoms with Gasteiger partial charge >= 0.3 is 0 Å². The number of piperazine rings is 1. The van der Waals surface area contributed by atoms with Crippen LogP contribution in [0.15, 0.2) is 55.0 Å². The molecule has 0 bridgehead atoms. The summed E-state index contributed by atoms with van der Waals surface area (Å²) in [5.74, 6) is 10.2. The lowest BCUT2D eigenvalue weighted by molar-refractivity contribution is -0.128. The molecule has 0 spiro atoms. The summed E-state index contributed by atoms with van der Waals surface area (Å²) < 4.78 is 16.1. The van der Waals surface area contributed by atoms with E-state index < -0.39 is 23.8 Å². The molecule has 8 N–H and O–H groups in total.